The van der Waals surface area contributed by atoms with Gasteiger partial charge in [-0.1, -0.05) is 13.8 Å². The third kappa shape index (κ3) is 4.73. The van der Waals surface area contributed by atoms with Crippen LogP contribution in [0.25, 0.3) is 0 Å². The van der Waals surface area contributed by atoms with Crippen LogP contribution in [-0.4, -0.2) is 55.1 Å². The Kier molecular flexibility index (Phi) is 6.47. The van der Waals surface area contributed by atoms with Crippen molar-refractivity contribution in [3.63, 3.8) is 0 Å². The van der Waals surface area contributed by atoms with Gasteiger partial charge in [-0.3, -0.25) is 9.69 Å². The van der Waals surface area contributed by atoms with E-state index in [9.17, 15) is 4.79 Å². The van der Waals surface area contributed by atoms with Gasteiger partial charge in [-0.2, -0.15) is 0 Å². The van der Waals surface area contributed by atoms with Gasteiger partial charge in [0.25, 0.3) is 5.91 Å². The highest BCUT2D eigenvalue weighted by Gasteiger charge is 2.29. The number of benzene rings is 1. The summed E-state index contributed by atoms with van der Waals surface area (Å²) in [6, 6.07) is 8.53. The lowest BCUT2D eigenvalue weighted by Crippen LogP contribution is -2.55. The Bertz CT molecular complexity index is 562. The van der Waals surface area contributed by atoms with Crippen molar-refractivity contribution in [2.45, 2.75) is 46.2 Å². The van der Waals surface area contributed by atoms with E-state index in [4.69, 9.17) is 5.73 Å². The second-order valence-corrected chi connectivity index (χ2v) is 7.89. The third-order valence-corrected chi connectivity index (χ3v) is 5.64. The van der Waals surface area contributed by atoms with Gasteiger partial charge in [0.05, 0.1) is 5.54 Å². The molecule has 0 radical (unpaired) electrons. The molecule has 1 atom stereocenters. The van der Waals surface area contributed by atoms with Gasteiger partial charge >= 0.3 is 0 Å². The van der Waals surface area contributed by atoms with Crippen LogP contribution in [0, 0.1) is 5.92 Å². The van der Waals surface area contributed by atoms with Crippen molar-refractivity contribution in [3.8, 4) is 0 Å². The zero-order chi connectivity index (χ0) is 18.6. The predicted octanol–water partition coefficient (Wildman–Crippen LogP) is 2.32. The number of anilines is 1. The first-order valence-electron chi connectivity index (χ1n) is 9.38. The minimum absolute atomic E-state index is 0.0576. The fraction of sp³-hybridized carbons (Fsp3) is 0.650. The summed E-state index contributed by atoms with van der Waals surface area (Å²) in [6.07, 6.45) is 0. The van der Waals surface area contributed by atoms with Crippen molar-refractivity contribution in [3.05, 3.63) is 29.8 Å². The molecule has 2 rings (SSSR count). The molecule has 140 valence electrons. The van der Waals surface area contributed by atoms with E-state index in [2.05, 4.69) is 54.9 Å². The molecule has 25 heavy (non-hydrogen) atoms. The van der Waals surface area contributed by atoms with E-state index in [1.54, 1.807) is 0 Å². The highest BCUT2D eigenvalue weighted by Crippen LogP contribution is 2.20. The van der Waals surface area contributed by atoms with Crippen LogP contribution in [0.15, 0.2) is 24.3 Å². The van der Waals surface area contributed by atoms with Gasteiger partial charge in [-0.05, 0) is 51.0 Å². The predicted molar refractivity (Wildman–Crippen MR) is 105 cm³/mol. The molecule has 5 nitrogen and oxygen atoms in total. The number of nitrogens with two attached hydrogens (primary N) is 1. The monoisotopic (exact) mass is 346 g/mol. The molecule has 0 saturated carbocycles. The van der Waals surface area contributed by atoms with Gasteiger partial charge in [0, 0.05) is 50.0 Å². The summed E-state index contributed by atoms with van der Waals surface area (Å²) < 4.78 is 0. The number of piperazine rings is 1. The first-order chi connectivity index (χ1) is 11.8. The smallest absolute Gasteiger partial charge is 0.251 e. The van der Waals surface area contributed by atoms with E-state index in [-0.39, 0.29) is 17.4 Å². The van der Waals surface area contributed by atoms with Gasteiger partial charge < -0.3 is 16.0 Å². The molecule has 1 unspecified atom stereocenters. The van der Waals surface area contributed by atoms with Crippen molar-refractivity contribution in [2.75, 3.05) is 37.6 Å². The summed E-state index contributed by atoms with van der Waals surface area (Å²) in [6.45, 7) is 15.3. The molecule has 1 heterocycles. The second-order valence-electron chi connectivity index (χ2n) is 7.89. The normalized spacial score (nSPS) is 18.5. The van der Waals surface area contributed by atoms with Gasteiger partial charge in [0.2, 0.25) is 0 Å². The number of hydrogen-bond acceptors (Lipinski definition) is 4. The van der Waals surface area contributed by atoms with Gasteiger partial charge in [-0.15, -0.1) is 0 Å². The quantitative estimate of drug-likeness (QED) is 0.830. The Morgan fingerprint density at radius 3 is 2.12 bits per heavy atom. The second kappa shape index (κ2) is 8.19. The van der Waals surface area contributed by atoms with Crippen LogP contribution in [0.1, 0.15) is 45.0 Å². The number of nitrogens with zero attached hydrogens (tertiary/aromatic N) is 2. The molecule has 3 N–H and O–H groups in total. The largest absolute Gasteiger partial charge is 0.369 e. The summed E-state index contributed by atoms with van der Waals surface area (Å²) in [7, 11) is 0. The van der Waals surface area contributed by atoms with Crippen molar-refractivity contribution in [1.82, 2.24) is 10.2 Å². The summed E-state index contributed by atoms with van der Waals surface area (Å²) in [5.74, 6) is 0.218. The maximum Gasteiger partial charge on any atom is 0.251 e. The summed E-state index contributed by atoms with van der Waals surface area (Å²) in [5, 5.41) is 3.09. The van der Waals surface area contributed by atoms with Crippen LogP contribution in [0.4, 0.5) is 5.69 Å². The van der Waals surface area contributed by atoms with Crippen LogP contribution < -0.4 is 16.0 Å². The number of hydrogen-bond donors (Lipinski definition) is 2. The van der Waals surface area contributed by atoms with Gasteiger partial charge in [-0.25, -0.2) is 0 Å². The van der Waals surface area contributed by atoms with Crippen LogP contribution in [0.2, 0.25) is 0 Å². The number of amides is 1. The number of nitrogens with one attached hydrogen (secondary N) is 1. The molecule has 0 aromatic heterocycles. The Morgan fingerprint density at radius 1 is 1.12 bits per heavy atom. The van der Waals surface area contributed by atoms with Crippen LogP contribution in [-0.2, 0) is 0 Å². The lowest BCUT2D eigenvalue weighted by molar-refractivity contribution is 0.0883. The van der Waals surface area contributed by atoms with E-state index in [1.165, 1.54) is 5.69 Å². The third-order valence-electron chi connectivity index (χ3n) is 5.64. The van der Waals surface area contributed by atoms with E-state index in [1.807, 2.05) is 19.1 Å². The Labute approximate surface area is 152 Å². The molecule has 5 heteroatoms. The minimum atomic E-state index is -0.386. The fourth-order valence-electron chi connectivity index (χ4n) is 3.08. The highest BCUT2D eigenvalue weighted by atomic mass is 16.1. The molecule has 0 aliphatic carbocycles. The van der Waals surface area contributed by atoms with E-state index in [0.717, 1.165) is 26.2 Å². The molecule has 0 bridgehead atoms. The number of carbonyl (C=O) groups is 1. The lowest BCUT2D eigenvalue weighted by Gasteiger charge is -2.38. The lowest BCUT2D eigenvalue weighted by atomic mass is 9.88. The molecule has 1 aliphatic rings. The summed E-state index contributed by atoms with van der Waals surface area (Å²) in [5.41, 5.74) is 7.35. The SMILES string of the molecule is CC(C)N1CCN(c2ccc(C(=O)NC(C)(CN)C(C)C)cc2)CC1. The minimum Gasteiger partial charge on any atom is -0.369 e. The molecular weight excluding hydrogens is 312 g/mol. The van der Waals surface area contributed by atoms with E-state index >= 15 is 0 Å². The standard InChI is InChI=1S/C20H34N4O/c1-15(2)20(5,14-21)22-19(25)17-6-8-18(9-7-17)24-12-10-23(11-13-24)16(3)4/h6-9,15-16H,10-14,21H2,1-5H3,(H,22,25). The maximum atomic E-state index is 12.5. The van der Waals surface area contributed by atoms with E-state index in [0.29, 0.717) is 18.2 Å². The Morgan fingerprint density at radius 2 is 1.68 bits per heavy atom. The molecule has 0 spiro atoms. The Hall–Kier alpha value is -1.59. The molecule has 1 amide bonds. The molecule has 1 aromatic rings. The fourth-order valence-corrected chi connectivity index (χ4v) is 3.08. The molecule has 1 aliphatic heterocycles. The Balaban J connectivity index is 1.99. The molecule has 1 fully saturated rings. The molecule has 1 aromatic carbocycles. The van der Waals surface area contributed by atoms with Crippen molar-refractivity contribution in [1.29, 1.82) is 0 Å². The zero-order valence-electron chi connectivity index (χ0n) is 16.4. The van der Waals surface area contributed by atoms with Gasteiger partial charge in [0.15, 0.2) is 0 Å². The first-order valence-corrected chi connectivity index (χ1v) is 9.38. The summed E-state index contributed by atoms with van der Waals surface area (Å²) in [4.78, 5) is 17.4. The first kappa shape index (κ1) is 19.7. The number of rotatable bonds is 6. The molecule has 1 saturated heterocycles. The van der Waals surface area contributed by atoms with Crippen molar-refractivity contribution >= 4 is 11.6 Å². The molecular formula is C20H34N4O. The highest BCUT2D eigenvalue weighted by molar-refractivity contribution is 5.95. The van der Waals surface area contributed by atoms with Gasteiger partial charge in [0.1, 0.15) is 0 Å². The number of carbonyl (C=O) groups excluding carboxylic acids is 1. The van der Waals surface area contributed by atoms with Crippen molar-refractivity contribution < 1.29 is 4.79 Å². The van der Waals surface area contributed by atoms with Crippen LogP contribution in [0.3, 0.4) is 0 Å². The zero-order valence-corrected chi connectivity index (χ0v) is 16.4. The average Bonchev–Trinajstić information content (AvgIpc) is 2.61. The topological polar surface area (TPSA) is 61.6 Å². The van der Waals surface area contributed by atoms with Crippen LogP contribution >= 0.6 is 0 Å². The summed E-state index contributed by atoms with van der Waals surface area (Å²) >= 11 is 0. The van der Waals surface area contributed by atoms with Crippen LogP contribution in [0.5, 0.6) is 0 Å². The maximum absolute atomic E-state index is 12.5. The average molecular weight is 347 g/mol. The van der Waals surface area contributed by atoms with Crippen molar-refractivity contribution in [2.24, 2.45) is 11.7 Å². The van der Waals surface area contributed by atoms with E-state index < -0.39 is 0 Å².